The quantitative estimate of drug-likeness (QED) is 0.287. The molecule has 2 N–H and O–H groups in total. The summed E-state index contributed by atoms with van der Waals surface area (Å²) in [6, 6.07) is 19.5. The summed E-state index contributed by atoms with van der Waals surface area (Å²) in [5.41, 5.74) is 0.303. The Balaban J connectivity index is 1.65. The first-order chi connectivity index (χ1) is 17.9. The van der Waals surface area contributed by atoms with Crippen LogP contribution in [0.2, 0.25) is 0 Å². The molecule has 0 aromatic heterocycles. The molecule has 1 amide bonds. The van der Waals surface area contributed by atoms with Crippen LogP contribution in [0.4, 0.5) is 8.78 Å². The van der Waals surface area contributed by atoms with Gasteiger partial charge in [0.2, 0.25) is 5.90 Å². The Labute approximate surface area is 214 Å². The molecule has 0 unspecified atom stereocenters. The number of amides is 1. The third-order valence-corrected chi connectivity index (χ3v) is 5.96. The summed E-state index contributed by atoms with van der Waals surface area (Å²) in [5, 5.41) is 11.7. The molecule has 0 fully saturated rings. The molecule has 0 saturated carbocycles. The highest BCUT2D eigenvalue weighted by molar-refractivity contribution is 6.01. The first-order valence-corrected chi connectivity index (χ1v) is 11.9. The van der Waals surface area contributed by atoms with Gasteiger partial charge in [0.25, 0.3) is 5.91 Å². The lowest BCUT2D eigenvalue weighted by Crippen LogP contribution is -2.47. The summed E-state index contributed by atoms with van der Waals surface area (Å²) >= 11 is 0. The van der Waals surface area contributed by atoms with E-state index < -0.39 is 29.2 Å². The fourth-order valence-electron chi connectivity index (χ4n) is 4.21. The van der Waals surface area contributed by atoms with E-state index in [1.165, 1.54) is 12.1 Å². The first kappa shape index (κ1) is 26.0. The predicted molar refractivity (Wildman–Crippen MR) is 136 cm³/mol. The van der Waals surface area contributed by atoms with E-state index in [9.17, 15) is 13.6 Å². The molecule has 0 radical (unpaired) electrons. The van der Waals surface area contributed by atoms with Crippen molar-refractivity contribution in [3.63, 3.8) is 0 Å². The molecule has 8 heteroatoms. The molecule has 0 spiro atoms. The number of nitrogens with one attached hydrogen (secondary N) is 1. The van der Waals surface area contributed by atoms with Crippen molar-refractivity contribution in [1.29, 1.82) is 0 Å². The summed E-state index contributed by atoms with van der Waals surface area (Å²) in [7, 11) is 0. The van der Waals surface area contributed by atoms with E-state index in [1.807, 2.05) is 30.3 Å². The van der Waals surface area contributed by atoms with Gasteiger partial charge in [0.1, 0.15) is 17.4 Å². The van der Waals surface area contributed by atoms with E-state index in [-0.39, 0.29) is 31.0 Å². The third-order valence-electron chi connectivity index (χ3n) is 5.96. The van der Waals surface area contributed by atoms with Gasteiger partial charge in [0.05, 0.1) is 6.61 Å². The van der Waals surface area contributed by atoms with Crippen LogP contribution in [0.1, 0.15) is 35.6 Å². The number of aliphatic hydroxyl groups is 1. The zero-order valence-corrected chi connectivity index (χ0v) is 20.2. The normalized spacial score (nSPS) is 18.6. The number of carbonyl (C=O) groups is 1. The highest BCUT2D eigenvalue weighted by Crippen LogP contribution is 2.42. The van der Waals surface area contributed by atoms with Crippen molar-refractivity contribution >= 4 is 11.8 Å². The lowest BCUT2D eigenvalue weighted by molar-refractivity contribution is -0.129. The minimum absolute atomic E-state index is 0.0468. The molecule has 6 nitrogen and oxygen atoms in total. The standard InChI is InChI=1S/C29H28F2N2O4/c1-2-13-29(28(35)32-19-20-16-23(30)18-24(31)17-20)26(21-7-4-3-5-8-21)37-27(33-29)22-9-11-25(12-10-22)36-15-6-14-34/h2-5,7-12,16-18,26,34H,1,6,13-15,19H2,(H,32,35)/t26-,29-/m1/s1. The zero-order valence-electron chi connectivity index (χ0n) is 20.2. The van der Waals surface area contributed by atoms with Gasteiger partial charge in [-0.3, -0.25) is 4.79 Å². The largest absolute Gasteiger partial charge is 0.494 e. The number of hydrogen-bond donors (Lipinski definition) is 2. The lowest BCUT2D eigenvalue weighted by atomic mass is 9.84. The first-order valence-electron chi connectivity index (χ1n) is 11.9. The van der Waals surface area contributed by atoms with Crippen LogP contribution in [0, 0.1) is 11.6 Å². The van der Waals surface area contributed by atoms with Crippen LogP contribution < -0.4 is 10.1 Å². The third kappa shape index (κ3) is 6.03. The van der Waals surface area contributed by atoms with E-state index in [2.05, 4.69) is 11.9 Å². The minimum atomic E-state index is -1.39. The Morgan fingerprint density at radius 2 is 1.81 bits per heavy atom. The van der Waals surface area contributed by atoms with Gasteiger partial charge >= 0.3 is 0 Å². The van der Waals surface area contributed by atoms with Crippen LogP contribution in [-0.4, -0.2) is 35.7 Å². The molecule has 37 heavy (non-hydrogen) atoms. The number of ether oxygens (including phenoxy) is 2. The summed E-state index contributed by atoms with van der Waals surface area (Å²) in [6.07, 6.45) is 1.54. The zero-order chi connectivity index (χ0) is 26.3. The van der Waals surface area contributed by atoms with Crippen LogP contribution in [0.3, 0.4) is 0 Å². The highest BCUT2D eigenvalue weighted by Gasteiger charge is 2.52. The second-order valence-corrected chi connectivity index (χ2v) is 8.65. The minimum Gasteiger partial charge on any atom is -0.494 e. The molecule has 1 aliphatic heterocycles. The van der Waals surface area contributed by atoms with Crippen LogP contribution >= 0.6 is 0 Å². The Kier molecular flexibility index (Phi) is 8.30. The van der Waals surface area contributed by atoms with Crippen molar-refractivity contribution in [3.8, 4) is 5.75 Å². The van der Waals surface area contributed by atoms with Crippen molar-refractivity contribution < 1.29 is 28.2 Å². The molecule has 0 aliphatic carbocycles. The molecule has 2 atom stereocenters. The van der Waals surface area contributed by atoms with E-state index in [4.69, 9.17) is 19.6 Å². The molecule has 192 valence electrons. The molecule has 3 aromatic carbocycles. The number of aliphatic imine (C=N–C) groups is 1. The van der Waals surface area contributed by atoms with E-state index in [0.29, 0.717) is 24.3 Å². The summed E-state index contributed by atoms with van der Waals surface area (Å²) < 4.78 is 39.2. The smallest absolute Gasteiger partial charge is 0.252 e. The van der Waals surface area contributed by atoms with Crippen LogP contribution in [0.25, 0.3) is 0 Å². The fourth-order valence-corrected chi connectivity index (χ4v) is 4.21. The molecule has 1 heterocycles. The second-order valence-electron chi connectivity index (χ2n) is 8.65. The molecular weight excluding hydrogens is 478 g/mol. The van der Waals surface area contributed by atoms with Gasteiger partial charge in [0, 0.05) is 37.6 Å². The Morgan fingerprint density at radius 3 is 2.46 bits per heavy atom. The van der Waals surface area contributed by atoms with Crippen molar-refractivity contribution in [3.05, 3.63) is 114 Å². The number of rotatable bonds is 11. The summed E-state index contributed by atoms with van der Waals surface area (Å²) in [5.74, 6) is -0.983. The number of halogens is 2. The van der Waals surface area contributed by atoms with E-state index in [0.717, 1.165) is 11.6 Å². The molecule has 3 aromatic rings. The van der Waals surface area contributed by atoms with E-state index in [1.54, 1.807) is 30.3 Å². The average molecular weight is 507 g/mol. The summed E-state index contributed by atoms with van der Waals surface area (Å²) in [6.45, 7) is 4.18. The van der Waals surface area contributed by atoms with Crippen LogP contribution in [0.5, 0.6) is 5.75 Å². The maximum atomic E-state index is 13.7. The van der Waals surface area contributed by atoms with Crippen molar-refractivity contribution in [2.24, 2.45) is 4.99 Å². The van der Waals surface area contributed by atoms with Crippen molar-refractivity contribution in [1.82, 2.24) is 5.32 Å². The van der Waals surface area contributed by atoms with Gasteiger partial charge in [-0.05, 0) is 47.5 Å². The maximum Gasteiger partial charge on any atom is 0.252 e. The number of hydrogen-bond acceptors (Lipinski definition) is 5. The molecular formula is C29H28F2N2O4. The van der Waals surface area contributed by atoms with Gasteiger partial charge < -0.3 is 19.9 Å². The predicted octanol–water partition coefficient (Wildman–Crippen LogP) is 4.88. The SMILES string of the molecule is C=CC[C@@]1(C(=O)NCc2cc(F)cc(F)c2)N=C(c2ccc(OCCCO)cc2)O[C@@H]1c1ccccc1. The number of nitrogens with zero attached hydrogens (tertiary/aromatic N) is 1. The van der Waals surface area contributed by atoms with Gasteiger partial charge in [-0.1, -0.05) is 36.4 Å². The van der Waals surface area contributed by atoms with Gasteiger partial charge in [0.15, 0.2) is 11.6 Å². The topological polar surface area (TPSA) is 80.2 Å². The highest BCUT2D eigenvalue weighted by atomic mass is 19.1. The van der Waals surface area contributed by atoms with Crippen LogP contribution in [0.15, 0.2) is 90.4 Å². The molecule has 1 aliphatic rings. The Hall–Kier alpha value is -4.04. The number of carbonyl (C=O) groups excluding carboxylic acids is 1. The van der Waals surface area contributed by atoms with E-state index >= 15 is 0 Å². The van der Waals surface area contributed by atoms with Crippen molar-refractivity contribution in [2.75, 3.05) is 13.2 Å². The number of benzene rings is 3. The van der Waals surface area contributed by atoms with Gasteiger partial charge in [-0.15, -0.1) is 6.58 Å². The monoisotopic (exact) mass is 506 g/mol. The van der Waals surface area contributed by atoms with Crippen LogP contribution in [-0.2, 0) is 16.1 Å². The van der Waals surface area contributed by atoms with Crippen molar-refractivity contribution in [2.45, 2.75) is 31.0 Å². The van der Waals surface area contributed by atoms with Gasteiger partial charge in [-0.2, -0.15) is 0 Å². The average Bonchev–Trinajstić information content (AvgIpc) is 3.28. The van der Waals surface area contributed by atoms with Gasteiger partial charge in [-0.25, -0.2) is 13.8 Å². The molecule has 4 rings (SSSR count). The molecule has 0 bridgehead atoms. The Bertz CT molecular complexity index is 1240. The number of aliphatic hydroxyl groups excluding tert-OH is 1. The second kappa shape index (κ2) is 11.8. The summed E-state index contributed by atoms with van der Waals surface area (Å²) in [4.78, 5) is 18.5. The fraction of sp³-hybridized carbons (Fsp3) is 0.241. The molecule has 0 saturated heterocycles. The Morgan fingerprint density at radius 1 is 1.11 bits per heavy atom. The maximum absolute atomic E-state index is 13.7. The lowest BCUT2D eigenvalue weighted by Gasteiger charge is -2.29.